The Labute approximate surface area is 210 Å². The first-order valence-corrected chi connectivity index (χ1v) is 12.1. The summed E-state index contributed by atoms with van der Waals surface area (Å²) in [5.74, 6) is -0.413. The summed E-state index contributed by atoms with van der Waals surface area (Å²) in [6.45, 7) is 6.59. The number of ether oxygens (including phenoxy) is 2. The van der Waals surface area contributed by atoms with Crippen LogP contribution in [0.3, 0.4) is 0 Å². The summed E-state index contributed by atoms with van der Waals surface area (Å²) in [5.41, 5.74) is -1.96. The summed E-state index contributed by atoms with van der Waals surface area (Å²) in [6.07, 6.45) is 2.30. The molecule has 0 fully saturated rings. The molecule has 0 saturated carbocycles. The van der Waals surface area contributed by atoms with E-state index in [1.807, 2.05) is 25.1 Å². The van der Waals surface area contributed by atoms with Crippen LogP contribution >= 0.6 is 11.3 Å². The lowest BCUT2D eigenvalue weighted by Gasteiger charge is -2.25. The fraction of sp³-hybridized carbons (Fsp3) is 0.360. The van der Waals surface area contributed by atoms with Crippen LogP contribution in [0.5, 0.6) is 5.75 Å². The number of rotatable bonds is 9. The van der Waals surface area contributed by atoms with E-state index in [1.165, 1.54) is 42.2 Å². The number of aliphatic carboxylic acids is 1. The molecular formula is C25H27N3O7S. The van der Waals surface area contributed by atoms with Crippen LogP contribution in [0.1, 0.15) is 38.0 Å². The monoisotopic (exact) mass is 513 g/mol. The van der Waals surface area contributed by atoms with Gasteiger partial charge in [0.1, 0.15) is 28.5 Å². The number of nitrogens with zero attached hydrogens (tertiary/aromatic N) is 3. The van der Waals surface area contributed by atoms with Crippen molar-refractivity contribution in [3.8, 4) is 16.5 Å². The zero-order chi connectivity index (χ0) is 26.2. The van der Waals surface area contributed by atoms with E-state index in [0.29, 0.717) is 33.5 Å². The number of thiophene rings is 1. The Kier molecular flexibility index (Phi) is 6.87. The number of aromatic nitrogens is 3. The van der Waals surface area contributed by atoms with Crippen LogP contribution in [0, 0.1) is 6.92 Å². The average molecular weight is 514 g/mol. The highest BCUT2D eigenvalue weighted by Crippen LogP contribution is 2.37. The maximum Gasteiger partial charge on any atom is 0.333 e. The molecule has 0 saturated heterocycles. The maximum atomic E-state index is 13.8. The minimum atomic E-state index is -1.80. The van der Waals surface area contributed by atoms with E-state index in [4.69, 9.17) is 13.9 Å². The van der Waals surface area contributed by atoms with Crippen LogP contribution in [0.25, 0.3) is 21.0 Å². The third kappa shape index (κ3) is 4.14. The molecule has 0 spiro atoms. The summed E-state index contributed by atoms with van der Waals surface area (Å²) >= 11 is 1.19. The largest absolute Gasteiger partial charge is 0.496 e. The number of oxazole rings is 1. The van der Waals surface area contributed by atoms with Crippen LogP contribution < -0.4 is 16.0 Å². The molecule has 1 N–H and O–H groups in total. The van der Waals surface area contributed by atoms with E-state index >= 15 is 0 Å². The molecule has 0 aliphatic heterocycles. The van der Waals surface area contributed by atoms with E-state index in [0.717, 1.165) is 10.1 Å². The van der Waals surface area contributed by atoms with Gasteiger partial charge in [-0.25, -0.2) is 19.1 Å². The molecule has 1 aromatic carbocycles. The van der Waals surface area contributed by atoms with Gasteiger partial charge in [-0.3, -0.25) is 9.36 Å². The predicted octanol–water partition coefficient (Wildman–Crippen LogP) is 3.79. The highest BCUT2D eigenvalue weighted by atomic mass is 32.1. The van der Waals surface area contributed by atoms with E-state index in [2.05, 4.69) is 4.98 Å². The fourth-order valence-corrected chi connectivity index (χ4v) is 5.42. The zero-order valence-electron chi connectivity index (χ0n) is 20.6. The van der Waals surface area contributed by atoms with Crippen LogP contribution in [-0.2, 0) is 21.6 Å². The Hall–Kier alpha value is -3.70. The normalized spacial score (nSPS) is 12.7. The van der Waals surface area contributed by atoms with E-state index in [-0.39, 0.29) is 11.9 Å². The highest BCUT2D eigenvalue weighted by molar-refractivity contribution is 7.22. The number of carboxylic acid groups (broad SMARTS) is 1. The molecule has 4 aromatic rings. The Morgan fingerprint density at radius 1 is 1.28 bits per heavy atom. The SMILES string of the molecule is CCO[C@H](Cn1c(=O)n(C(C)(C)C(=O)O)c(=O)c2c(C)c(-c3ncco3)sc21)c1ccccc1OC. The maximum absolute atomic E-state index is 13.8. The molecule has 0 radical (unpaired) electrons. The van der Waals surface area contributed by atoms with E-state index in [9.17, 15) is 19.5 Å². The number of hydrogen-bond donors (Lipinski definition) is 1. The average Bonchev–Trinajstić information content (AvgIpc) is 3.49. The number of para-hydroxylation sites is 1. The standard InChI is InChI=1S/C25H27N3O7S/c1-6-34-17(15-9-7-8-10-16(15)33-5)13-27-22-18(14(2)19(36-22)20-26-11-12-35-20)21(29)28(24(27)32)25(3,4)23(30)31/h7-12,17H,6,13H2,1-5H3,(H,30,31)/t17-/m1/s1. The molecule has 4 rings (SSSR count). The Morgan fingerprint density at radius 2 is 2.00 bits per heavy atom. The third-order valence-electron chi connectivity index (χ3n) is 6.12. The van der Waals surface area contributed by atoms with Crippen molar-refractivity contribution in [2.45, 2.75) is 45.9 Å². The second-order valence-electron chi connectivity index (χ2n) is 8.66. The zero-order valence-corrected chi connectivity index (χ0v) is 21.4. The molecule has 190 valence electrons. The van der Waals surface area contributed by atoms with Gasteiger partial charge in [0, 0.05) is 12.2 Å². The molecule has 0 amide bonds. The van der Waals surface area contributed by atoms with E-state index in [1.54, 1.807) is 20.1 Å². The van der Waals surface area contributed by atoms with Crippen LogP contribution in [0.4, 0.5) is 0 Å². The van der Waals surface area contributed by atoms with Crippen molar-refractivity contribution < 1.29 is 23.8 Å². The topological polar surface area (TPSA) is 126 Å². The summed E-state index contributed by atoms with van der Waals surface area (Å²) in [4.78, 5) is 44.7. The van der Waals surface area contributed by atoms with Crippen molar-refractivity contribution in [2.24, 2.45) is 0 Å². The van der Waals surface area contributed by atoms with Crippen LogP contribution in [0.2, 0.25) is 0 Å². The van der Waals surface area contributed by atoms with Crippen LogP contribution in [0.15, 0.2) is 50.7 Å². The van der Waals surface area contributed by atoms with Gasteiger partial charge in [-0.1, -0.05) is 18.2 Å². The lowest BCUT2D eigenvalue weighted by Crippen LogP contribution is -2.52. The fourth-order valence-electron chi connectivity index (χ4n) is 4.18. The summed E-state index contributed by atoms with van der Waals surface area (Å²) in [6, 6.07) is 7.31. The van der Waals surface area contributed by atoms with Crippen LogP contribution in [-0.4, -0.2) is 38.9 Å². The predicted molar refractivity (Wildman–Crippen MR) is 135 cm³/mol. The molecule has 1 atom stereocenters. The molecule has 0 aliphatic carbocycles. The molecule has 11 heteroatoms. The number of aryl methyl sites for hydroxylation is 1. The van der Waals surface area contributed by atoms with Gasteiger partial charge in [0.2, 0.25) is 5.89 Å². The molecule has 0 bridgehead atoms. The highest BCUT2D eigenvalue weighted by Gasteiger charge is 2.36. The van der Waals surface area contributed by atoms with Crippen molar-refractivity contribution in [1.82, 2.24) is 14.1 Å². The van der Waals surface area contributed by atoms with Gasteiger partial charge in [-0.15, -0.1) is 11.3 Å². The van der Waals surface area contributed by atoms with Crippen molar-refractivity contribution >= 4 is 27.5 Å². The first-order chi connectivity index (χ1) is 17.1. The van der Waals surface area contributed by atoms with Gasteiger partial charge in [0.25, 0.3) is 5.56 Å². The minimum absolute atomic E-state index is 0.0184. The summed E-state index contributed by atoms with van der Waals surface area (Å²) in [7, 11) is 1.55. The number of fused-ring (bicyclic) bond motifs is 1. The molecule has 10 nitrogen and oxygen atoms in total. The third-order valence-corrected chi connectivity index (χ3v) is 7.43. The molecule has 3 heterocycles. The number of hydrogen-bond acceptors (Lipinski definition) is 8. The van der Waals surface area contributed by atoms with Gasteiger partial charge in [-0.05, 0) is 39.3 Å². The molecule has 0 unspecified atom stereocenters. The molecule has 36 heavy (non-hydrogen) atoms. The molecular weight excluding hydrogens is 486 g/mol. The van der Waals surface area contributed by atoms with Gasteiger partial charge in [-0.2, -0.15) is 0 Å². The molecule has 3 aromatic heterocycles. The van der Waals surface area contributed by atoms with Crippen molar-refractivity contribution in [3.63, 3.8) is 0 Å². The minimum Gasteiger partial charge on any atom is -0.496 e. The Bertz CT molecular complexity index is 1530. The van der Waals surface area contributed by atoms with Gasteiger partial charge in [0.15, 0.2) is 0 Å². The van der Waals surface area contributed by atoms with Gasteiger partial charge >= 0.3 is 11.7 Å². The number of carboxylic acids is 1. The summed E-state index contributed by atoms with van der Waals surface area (Å²) in [5, 5.41) is 10.1. The van der Waals surface area contributed by atoms with Crippen molar-refractivity contribution in [1.29, 1.82) is 0 Å². The van der Waals surface area contributed by atoms with Gasteiger partial charge in [0.05, 0.1) is 30.1 Å². The number of methoxy groups -OCH3 is 1. The first-order valence-electron chi connectivity index (χ1n) is 11.3. The second kappa shape index (κ2) is 9.75. The number of carbonyl (C=O) groups is 1. The Morgan fingerprint density at radius 3 is 2.61 bits per heavy atom. The van der Waals surface area contributed by atoms with E-state index < -0.39 is 28.9 Å². The quantitative estimate of drug-likeness (QED) is 0.358. The lowest BCUT2D eigenvalue weighted by molar-refractivity contribution is -0.146. The second-order valence-corrected chi connectivity index (χ2v) is 9.66. The first kappa shape index (κ1) is 25.4. The number of benzene rings is 1. The smallest absolute Gasteiger partial charge is 0.333 e. The lowest BCUT2D eigenvalue weighted by atomic mass is 10.1. The Balaban J connectivity index is 2.05. The van der Waals surface area contributed by atoms with Crippen molar-refractivity contribution in [3.05, 3.63) is 68.7 Å². The van der Waals surface area contributed by atoms with Gasteiger partial charge < -0.3 is 19.0 Å². The molecule has 0 aliphatic rings. The van der Waals surface area contributed by atoms with Crippen molar-refractivity contribution in [2.75, 3.05) is 13.7 Å². The summed E-state index contributed by atoms with van der Waals surface area (Å²) < 4.78 is 19.2.